The van der Waals surface area contributed by atoms with Crippen molar-refractivity contribution < 1.29 is 9.53 Å². The van der Waals surface area contributed by atoms with Gasteiger partial charge >= 0.3 is 6.09 Å². The quantitative estimate of drug-likeness (QED) is 0.636. The molecule has 1 amide bonds. The van der Waals surface area contributed by atoms with E-state index in [0.29, 0.717) is 6.54 Å². The number of aryl methyl sites for hydroxylation is 1. The van der Waals surface area contributed by atoms with Gasteiger partial charge in [0, 0.05) is 25.4 Å². The molecule has 0 unspecified atom stereocenters. The van der Waals surface area contributed by atoms with Gasteiger partial charge in [-0.25, -0.2) is 9.78 Å². The predicted molar refractivity (Wildman–Crippen MR) is 78.6 cm³/mol. The van der Waals surface area contributed by atoms with Gasteiger partial charge in [0.2, 0.25) is 0 Å². The van der Waals surface area contributed by atoms with Crippen molar-refractivity contribution in [2.24, 2.45) is 0 Å². The molecule has 1 aromatic heterocycles. The highest BCUT2D eigenvalue weighted by atomic mass is 16.6. The average Bonchev–Trinajstić information content (AvgIpc) is 2.83. The van der Waals surface area contributed by atoms with Gasteiger partial charge in [-0.1, -0.05) is 0 Å². The molecule has 0 saturated carbocycles. The van der Waals surface area contributed by atoms with Gasteiger partial charge < -0.3 is 20.4 Å². The zero-order valence-electron chi connectivity index (χ0n) is 12.7. The molecule has 0 radical (unpaired) electrons. The number of imidazole rings is 1. The Hall–Kier alpha value is -1.56. The third kappa shape index (κ3) is 8.53. The van der Waals surface area contributed by atoms with E-state index >= 15 is 0 Å². The highest BCUT2D eigenvalue weighted by molar-refractivity contribution is 5.67. The number of hydrogen-bond acceptors (Lipinski definition) is 4. The number of carbonyl (C=O) groups excluding carboxylic acids is 1. The summed E-state index contributed by atoms with van der Waals surface area (Å²) in [5, 5.41) is 6.07. The van der Waals surface area contributed by atoms with Gasteiger partial charge in [-0.05, 0) is 46.7 Å². The summed E-state index contributed by atoms with van der Waals surface area (Å²) in [7, 11) is 0. The molecule has 1 aromatic rings. The molecule has 6 nitrogen and oxygen atoms in total. The summed E-state index contributed by atoms with van der Waals surface area (Å²) in [4.78, 5) is 18.6. The number of hydrogen-bond donors (Lipinski definition) is 3. The molecule has 0 aliphatic rings. The average molecular weight is 282 g/mol. The first-order valence-electron chi connectivity index (χ1n) is 7.13. The highest BCUT2D eigenvalue weighted by Crippen LogP contribution is 2.06. The molecular weight excluding hydrogens is 256 g/mol. The maximum Gasteiger partial charge on any atom is 0.407 e. The Labute approximate surface area is 120 Å². The van der Waals surface area contributed by atoms with E-state index in [1.54, 1.807) is 6.20 Å². The van der Waals surface area contributed by atoms with Crippen molar-refractivity contribution in [2.45, 2.75) is 45.6 Å². The van der Waals surface area contributed by atoms with Gasteiger partial charge in [-0.3, -0.25) is 0 Å². The molecule has 0 fully saturated rings. The molecule has 0 atom stereocenters. The van der Waals surface area contributed by atoms with Crippen molar-refractivity contribution in [2.75, 3.05) is 19.6 Å². The summed E-state index contributed by atoms with van der Waals surface area (Å²) in [6, 6.07) is 0. The number of nitrogens with zero attached hydrogens (tertiary/aromatic N) is 1. The Bertz CT molecular complexity index is 371. The monoisotopic (exact) mass is 282 g/mol. The highest BCUT2D eigenvalue weighted by Gasteiger charge is 2.15. The van der Waals surface area contributed by atoms with E-state index in [1.807, 2.05) is 27.0 Å². The number of ether oxygens (including phenoxy) is 1. The van der Waals surface area contributed by atoms with Crippen LogP contribution in [0.1, 0.15) is 39.4 Å². The largest absolute Gasteiger partial charge is 0.444 e. The van der Waals surface area contributed by atoms with Gasteiger partial charge in [0.05, 0.1) is 0 Å². The molecule has 0 aromatic carbocycles. The Kier molecular flexibility index (Phi) is 7.08. The molecule has 0 bridgehead atoms. The van der Waals surface area contributed by atoms with Gasteiger partial charge in [-0.2, -0.15) is 0 Å². The molecular formula is C14H26N4O2. The van der Waals surface area contributed by atoms with Gasteiger partial charge in [0.1, 0.15) is 11.4 Å². The third-order valence-electron chi connectivity index (χ3n) is 2.52. The van der Waals surface area contributed by atoms with Crippen LogP contribution < -0.4 is 10.6 Å². The number of aromatic amines is 1. The Balaban J connectivity index is 1.88. The number of carbonyl (C=O) groups is 1. The van der Waals surface area contributed by atoms with Crippen LogP contribution >= 0.6 is 0 Å². The second-order valence-electron chi connectivity index (χ2n) is 5.67. The van der Waals surface area contributed by atoms with E-state index in [0.717, 1.165) is 38.2 Å². The van der Waals surface area contributed by atoms with E-state index in [1.165, 1.54) is 0 Å². The standard InChI is InChI=1S/C14H26N4O2/c1-14(2,3)20-13(19)18-9-5-8-15-7-4-6-12-16-10-11-17-12/h10-11,15H,4-9H2,1-3H3,(H,16,17)(H,18,19). The smallest absolute Gasteiger partial charge is 0.407 e. The number of alkyl carbamates (subject to hydrolysis) is 1. The molecule has 3 N–H and O–H groups in total. The first-order chi connectivity index (χ1) is 9.47. The van der Waals surface area contributed by atoms with Crippen molar-refractivity contribution in [3.63, 3.8) is 0 Å². The van der Waals surface area contributed by atoms with Gasteiger partial charge in [0.25, 0.3) is 0 Å². The molecule has 0 aliphatic heterocycles. The van der Waals surface area contributed by atoms with Crippen LogP contribution in [0.25, 0.3) is 0 Å². The van der Waals surface area contributed by atoms with Crippen LogP contribution in [0.15, 0.2) is 12.4 Å². The number of amides is 1. The summed E-state index contributed by atoms with van der Waals surface area (Å²) in [6.07, 6.45) is 6.15. The number of rotatable bonds is 8. The summed E-state index contributed by atoms with van der Waals surface area (Å²) in [5.41, 5.74) is -0.436. The SMILES string of the molecule is CC(C)(C)OC(=O)NCCCNCCCc1ncc[nH]1. The molecule has 114 valence electrons. The molecule has 20 heavy (non-hydrogen) atoms. The van der Waals surface area contributed by atoms with Gasteiger partial charge in [-0.15, -0.1) is 0 Å². The lowest BCUT2D eigenvalue weighted by atomic mass is 10.2. The fourth-order valence-corrected chi connectivity index (χ4v) is 1.66. The predicted octanol–water partition coefficient (Wildman–Crippen LogP) is 1.85. The topological polar surface area (TPSA) is 79.0 Å². The first kappa shape index (κ1) is 16.5. The van der Waals surface area contributed by atoms with Crippen molar-refractivity contribution in [1.29, 1.82) is 0 Å². The second-order valence-corrected chi connectivity index (χ2v) is 5.67. The maximum atomic E-state index is 11.4. The van der Waals surface area contributed by atoms with Crippen LogP contribution in [0, 0.1) is 0 Å². The lowest BCUT2D eigenvalue weighted by Crippen LogP contribution is -2.34. The van der Waals surface area contributed by atoms with Crippen LogP contribution in [0.2, 0.25) is 0 Å². The van der Waals surface area contributed by atoms with Crippen LogP contribution in [-0.4, -0.2) is 41.3 Å². The first-order valence-corrected chi connectivity index (χ1v) is 7.13. The molecule has 1 heterocycles. The zero-order chi connectivity index (χ0) is 14.8. The maximum absolute atomic E-state index is 11.4. The molecule has 0 aliphatic carbocycles. The van der Waals surface area contributed by atoms with E-state index in [4.69, 9.17) is 4.74 Å². The van der Waals surface area contributed by atoms with Crippen molar-refractivity contribution in [3.05, 3.63) is 18.2 Å². The minimum Gasteiger partial charge on any atom is -0.444 e. The molecule has 0 spiro atoms. The summed E-state index contributed by atoms with van der Waals surface area (Å²) < 4.78 is 5.14. The van der Waals surface area contributed by atoms with Crippen molar-refractivity contribution in [3.8, 4) is 0 Å². The fraction of sp³-hybridized carbons (Fsp3) is 0.714. The zero-order valence-corrected chi connectivity index (χ0v) is 12.7. The molecule has 0 saturated heterocycles. The Morgan fingerprint density at radius 1 is 1.30 bits per heavy atom. The minimum absolute atomic E-state index is 0.352. The van der Waals surface area contributed by atoms with E-state index < -0.39 is 5.60 Å². The lowest BCUT2D eigenvalue weighted by molar-refractivity contribution is 0.0527. The fourth-order valence-electron chi connectivity index (χ4n) is 1.66. The van der Waals surface area contributed by atoms with Gasteiger partial charge in [0.15, 0.2) is 0 Å². The number of H-pyrrole nitrogens is 1. The Morgan fingerprint density at radius 3 is 2.70 bits per heavy atom. The summed E-state index contributed by atoms with van der Waals surface area (Å²) in [5.74, 6) is 1.03. The van der Waals surface area contributed by atoms with E-state index in [2.05, 4.69) is 20.6 Å². The third-order valence-corrected chi connectivity index (χ3v) is 2.52. The van der Waals surface area contributed by atoms with Crippen LogP contribution in [0.5, 0.6) is 0 Å². The van der Waals surface area contributed by atoms with Crippen LogP contribution in [0.3, 0.4) is 0 Å². The van der Waals surface area contributed by atoms with Crippen LogP contribution in [0.4, 0.5) is 4.79 Å². The molecule has 6 heteroatoms. The summed E-state index contributed by atoms with van der Waals surface area (Å²) >= 11 is 0. The molecule has 1 rings (SSSR count). The normalized spacial score (nSPS) is 11.3. The second kappa shape index (κ2) is 8.58. The summed E-state index contributed by atoms with van der Waals surface area (Å²) in [6.45, 7) is 8.02. The van der Waals surface area contributed by atoms with Crippen LogP contribution in [-0.2, 0) is 11.2 Å². The minimum atomic E-state index is -0.436. The van der Waals surface area contributed by atoms with Crippen molar-refractivity contribution >= 4 is 6.09 Å². The number of aromatic nitrogens is 2. The van der Waals surface area contributed by atoms with E-state index in [9.17, 15) is 4.79 Å². The lowest BCUT2D eigenvalue weighted by Gasteiger charge is -2.19. The van der Waals surface area contributed by atoms with Crippen molar-refractivity contribution in [1.82, 2.24) is 20.6 Å². The van der Waals surface area contributed by atoms with E-state index in [-0.39, 0.29) is 6.09 Å². The number of nitrogens with one attached hydrogen (secondary N) is 3. The Morgan fingerprint density at radius 2 is 2.05 bits per heavy atom.